The van der Waals surface area contributed by atoms with Crippen molar-refractivity contribution in [1.82, 2.24) is 9.88 Å². The van der Waals surface area contributed by atoms with Crippen molar-refractivity contribution in [1.29, 1.82) is 0 Å². The van der Waals surface area contributed by atoms with Crippen LogP contribution in [0.2, 0.25) is 0 Å². The van der Waals surface area contributed by atoms with Gasteiger partial charge in [-0.2, -0.15) is 0 Å². The second kappa shape index (κ2) is 10.9. The molecule has 0 bridgehead atoms. The standard InChI is InChI=1S/C26H34N2/c1-3-5-6-8-11-22(4-2)19-28(20-23-12-9-7-10-13-23)21-24-14-15-26-25(18-24)16-17-27-26/h4,7,9-10,12-18,27H,3,5-6,8,11,19-21H2,1-2H3/b22-4+. The van der Waals surface area contributed by atoms with E-state index in [0.717, 1.165) is 19.6 Å². The third-order valence-corrected chi connectivity index (χ3v) is 5.46. The van der Waals surface area contributed by atoms with E-state index >= 15 is 0 Å². The molecular weight excluding hydrogens is 340 g/mol. The summed E-state index contributed by atoms with van der Waals surface area (Å²) in [7, 11) is 0. The van der Waals surface area contributed by atoms with Crippen LogP contribution in [0.25, 0.3) is 10.9 Å². The molecule has 3 aromatic rings. The monoisotopic (exact) mass is 374 g/mol. The van der Waals surface area contributed by atoms with Gasteiger partial charge in [0.15, 0.2) is 0 Å². The average molecular weight is 375 g/mol. The number of fused-ring (bicyclic) bond motifs is 1. The molecule has 0 saturated carbocycles. The molecule has 2 nitrogen and oxygen atoms in total. The van der Waals surface area contributed by atoms with Crippen LogP contribution in [0.1, 0.15) is 57.1 Å². The number of H-pyrrole nitrogens is 1. The molecule has 0 aliphatic carbocycles. The summed E-state index contributed by atoms with van der Waals surface area (Å²) in [4.78, 5) is 5.87. The van der Waals surface area contributed by atoms with Gasteiger partial charge < -0.3 is 4.98 Å². The second-order valence-electron chi connectivity index (χ2n) is 7.79. The van der Waals surface area contributed by atoms with Crippen LogP contribution < -0.4 is 0 Å². The molecule has 1 N–H and O–H groups in total. The third kappa shape index (κ3) is 6.10. The van der Waals surface area contributed by atoms with E-state index < -0.39 is 0 Å². The quantitative estimate of drug-likeness (QED) is 0.280. The molecule has 0 spiro atoms. The SMILES string of the molecule is C/C=C(\CCCCCC)CN(Cc1ccccc1)Cc1ccc2[nH]ccc2c1. The Labute approximate surface area is 170 Å². The molecule has 0 aliphatic rings. The van der Waals surface area contributed by atoms with Crippen molar-refractivity contribution in [3.63, 3.8) is 0 Å². The van der Waals surface area contributed by atoms with Gasteiger partial charge in [-0.05, 0) is 54.5 Å². The largest absolute Gasteiger partial charge is 0.361 e. The van der Waals surface area contributed by atoms with Crippen LogP contribution in [0.3, 0.4) is 0 Å². The molecular formula is C26H34N2. The summed E-state index contributed by atoms with van der Waals surface area (Å²) < 4.78 is 0. The molecule has 148 valence electrons. The lowest BCUT2D eigenvalue weighted by Gasteiger charge is -2.24. The molecule has 2 heteroatoms. The van der Waals surface area contributed by atoms with Crippen LogP contribution >= 0.6 is 0 Å². The van der Waals surface area contributed by atoms with Crippen molar-refractivity contribution in [3.05, 3.63) is 83.6 Å². The minimum absolute atomic E-state index is 0.975. The normalized spacial score (nSPS) is 12.2. The van der Waals surface area contributed by atoms with E-state index in [2.05, 4.69) is 84.4 Å². The van der Waals surface area contributed by atoms with Crippen molar-refractivity contribution in [3.8, 4) is 0 Å². The number of hydrogen-bond donors (Lipinski definition) is 1. The summed E-state index contributed by atoms with van der Waals surface area (Å²) in [6, 6.07) is 19.8. The van der Waals surface area contributed by atoms with Gasteiger partial charge in [0, 0.05) is 31.3 Å². The highest BCUT2D eigenvalue weighted by atomic mass is 15.1. The zero-order valence-corrected chi connectivity index (χ0v) is 17.5. The summed E-state index contributed by atoms with van der Waals surface area (Å²) in [6.45, 7) is 7.48. The molecule has 3 rings (SSSR count). The Morgan fingerprint density at radius 1 is 0.929 bits per heavy atom. The first-order chi connectivity index (χ1) is 13.8. The van der Waals surface area contributed by atoms with E-state index in [0.29, 0.717) is 0 Å². The van der Waals surface area contributed by atoms with Gasteiger partial charge in [0.1, 0.15) is 0 Å². The van der Waals surface area contributed by atoms with Crippen LogP contribution in [0, 0.1) is 0 Å². The van der Waals surface area contributed by atoms with E-state index in [-0.39, 0.29) is 0 Å². The van der Waals surface area contributed by atoms with Gasteiger partial charge in [-0.15, -0.1) is 0 Å². The van der Waals surface area contributed by atoms with Crippen LogP contribution in [0.4, 0.5) is 0 Å². The maximum atomic E-state index is 3.29. The molecule has 0 radical (unpaired) electrons. The van der Waals surface area contributed by atoms with Crippen LogP contribution in [0.15, 0.2) is 72.4 Å². The van der Waals surface area contributed by atoms with E-state index in [9.17, 15) is 0 Å². The van der Waals surface area contributed by atoms with E-state index in [1.165, 1.54) is 54.1 Å². The number of nitrogens with zero attached hydrogens (tertiary/aromatic N) is 1. The maximum absolute atomic E-state index is 3.29. The molecule has 0 fully saturated rings. The van der Waals surface area contributed by atoms with Crippen molar-refractivity contribution >= 4 is 10.9 Å². The molecule has 28 heavy (non-hydrogen) atoms. The lowest BCUT2D eigenvalue weighted by molar-refractivity contribution is 0.276. The van der Waals surface area contributed by atoms with Crippen LogP contribution in [-0.4, -0.2) is 16.4 Å². The molecule has 0 saturated heterocycles. The summed E-state index contributed by atoms with van der Waals surface area (Å²) in [5, 5.41) is 1.29. The number of allylic oxidation sites excluding steroid dienone is 1. The van der Waals surface area contributed by atoms with Gasteiger partial charge in [0.2, 0.25) is 0 Å². The van der Waals surface area contributed by atoms with Gasteiger partial charge in [-0.1, -0.05) is 74.2 Å². The number of unbranched alkanes of at least 4 members (excludes halogenated alkanes) is 3. The average Bonchev–Trinajstić information content (AvgIpc) is 3.19. The molecule has 1 heterocycles. The van der Waals surface area contributed by atoms with Gasteiger partial charge in [0.25, 0.3) is 0 Å². The molecule has 1 aromatic heterocycles. The minimum atomic E-state index is 0.975. The summed E-state index contributed by atoms with van der Waals surface area (Å²) in [5.41, 5.74) is 5.54. The maximum Gasteiger partial charge on any atom is 0.0454 e. The Hall–Kier alpha value is -2.32. The minimum Gasteiger partial charge on any atom is -0.361 e. The highest BCUT2D eigenvalue weighted by Crippen LogP contribution is 2.19. The number of nitrogens with one attached hydrogen (secondary N) is 1. The van der Waals surface area contributed by atoms with Crippen molar-refractivity contribution in [2.45, 2.75) is 59.0 Å². The Kier molecular flexibility index (Phi) is 7.93. The molecule has 0 aliphatic heterocycles. The fraction of sp³-hybridized carbons (Fsp3) is 0.385. The highest BCUT2D eigenvalue weighted by Gasteiger charge is 2.10. The van der Waals surface area contributed by atoms with Crippen LogP contribution in [-0.2, 0) is 13.1 Å². The predicted octanol–water partition coefficient (Wildman–Crippen LogP) is 7.09. The fourth-order valence-electron chi connectivity index (χ4n) is 3.85. The first-order valence-electron chi connectivity index (χ1n) is 10.7. The molecule has 0 atom stereocenters. The zero-order chi connectivity index (χ0) is 19.6. The molecule has 0 amide bonds. The molecule has 0 unspecified atom stereocenters. The Balaban J connectivity index is 1.70. The number of benzene rings is 2. The van der Waals surface area contributed by atoms with Gasteiger partial charge >= 0.3 is 0 Å². The first-order valence-corrected chi connectivity index (χ1v) is 10.7. The lowest BCUT2D eigenvalue weighted by atomic mass is 10.0. The smallest absolute Gasteiger partial charge is 0.0454 e. The van der Waals surface area contributed by atoms with E-state index in [1.807, 2.05) is 6.20 Å². The topological polar surface area (TPSA) is 19.0 Å². The summed E-state index contributed by atoms with van der Waals surface area (Å²) in [6.07, 6.45) is 10.9. The van der Waals surface area contributed by atoms with Crippen molar-refractivity contribution < 1.29 is 0 Å². The van der Waals surface area contributed by atoms with Crippen LogP contribution in [0.5, 0.6) is 0 Å². The third-order valence-electron chi connectivity index (χ3n) is 5.46. The zero-order valence-electron chi connectivity index (χ0n) is 17.5. The lowest BCUT2D eigenvalue weighted by Crippen LogP contribution is -2.25. The molecule has 2 aromatic carbocycles. The van der Waals surface area contributed by atoms with Crippen molar-refractivity contribution in [2.75, 3.05) is 6.54 Å². The number of rotatable bonds is 11. The van der Waals surface area contributed by atoms with Gasteiger partial charge in [0.05, 0.1) is 0 Å². The predicted molar refractivity (Wildman–Crippen MR) is 121 cm³/mol. The Morgan fingerprint density at radius 2 is 1.75 bits per heavy atom. The van der Waals surface area contributed by atoms with Gasteiger partial charge in [-0.3, -0.25) is 4.90 Å². The van der Waals surface area contributed by atoms with E-state index in [4.69, 9.17) is 0 Å². The Morgan fingerprint density at radius 3 is 2.54 bits per heavy atom. The Bertz CT molecular complexity index is 860. The second-order valence-corrected chi connectivity index (χ2v) is 7.79. The van der Waals surface area contributed by atoms with Gasteiger partial charge in [-0.25, -0.2) is 0 Å². The number of hydrogen-bond acceptors (Lipinski definition) is 1. The first kappa shape index (κ1) is 20.4. The van der Waals surface area contributed by atoms with Crippen molar-refractivity contribution in [2.24, 2.45) is 0 Å². The summed E-state index contributed by atoms with van der Waals surface area (Å²) >= 11 is 0. The highest BCUT2D eigenvalue weighted by molar-refractivity contribution is 5.79. The van der Waals surface area contributed by atoms with E-state index in [1.54, 1.807) is 5.57 Å². The fourth-order valence-corrected chi connectivity index (χ4v) is 3.85. The number of aromatic nitrogens is 1. The summed E-state index contributed by atoms with van der Waals surface area (Å²) in [5.74, 6) is 0. The number of aromatic amines is 1.